The maximum Gasteiger partial charge on any atom is 0.407 e. The first-order chi connectivity index (χ1) is 15.9. The molecule has 33 heavy (non-hydrogen) atoms. The monoisotopic (exact) mass is 448 g/mol. The van der Waals surface area contributed by atoms with Crippen LogP contribution in [0.1, 0.15) is 49.7 Å². The van der Waals surface area contributed by atoms with Crippen LogP contribution >= 0.6 is 0 Å². The van der Waals surface area contributed by atoms with Crippen molar-refractivity contribution in [3.63, 3.8) is 0 Å². The molecule has 2 saturated carbocycles. The number of benzene rings is 2. The molecule has 0 bridgehead atoms. The van der Waals surface area contributed by atoms with Crippen molar-refractivity contribution in [1.82, 2.24) is 10.6 Å². The normalized spacial score (nSPS) is 25.4. The van der Waals surface area contributed by atoms with Crippen molar-refractivity contribution in [3.8, 4) is 11.1 Å². The quantitative estimate of drug-likeness (QED) is 0.599. The fourth-order valence-corrected chi connectivity index (χ4v) is 5.70. The van der Waals surface area contributed by atoms with Crippen LogP contribution in [0.4, 0.5) is 4.79 Å². The Bertz CT molecular complexity index is 1070. The summed E-state index contributed by atoms with van der Waals surface area (Å²) in [6, 6.07) is 15.3. The van der Waals surface area contributed by atoms with Gasteiger partial charge >= 0.3 is 12.1 Å². The van der Waals surface area contributed by atoms with E-state index in [2.05, 4.69) is 34.9 Å². The zero-order valence-electron chi connectivity index (χ0n) is 18.5. The van der Waals surface area contributed by atoms with E-state index in [0.717, 1.165) is 22.3 Å². The van der Waals surface area contributed by atoms with Gasteiger partial charge in [-0.3, -0.25) is 9.59 Å². The average molecular weight is 449 g/mol. The van der Waals surface area contributed by atoms with Crippen molar-refractivity contribution < 1.29 is 24.2 Å². The van der Waals surface area contributed by atoms with Crippen LogP contribution in [-0.2, 0) is 14.3 Å². The molecule has 5 rings (SSSR count). The molecular formula is C26H28N2O5. The van der Waals surface area contributed by atoms with E-state index < -0.39 is 23.5 Å². The minimum absolute atomic E-state index is 0.0468. The molecule has 3 aliphatic rings. The minimum atomic E-state index is -0.770. The molecule has 7 heteroatoms. The number of hydrogen-bond donors (Lipinski definition) is 3. The van der Waals surface area contributed by atoms with E-state index >= 15 is 0 Å². The van der Waals surface area contributed by atoms with Crippen LogP contribution in [0.15, 0.2) is 48.5 Å². The molecular weight excluding hydrogens is 420 g/mol. The highest BCUT2D eigenvalue weighted by Gasteiger charge is 2.65. The third kappa shape index (κ3) is 3.75. The fourth-order valence-electron chi connectivity index (χ4n) is 5.70. The molecule has 2 aromatic carbocycles. The van der Waals surface area contributed by atoms with Gasteiger partial charge in [0, 0.05) is 12.0 Å². The van der Waals surface area contributed by atoms with E-state index in [0.29, 0.717) is 25.7 Å². The van der Waals surface area contributed by atoms with Crippen LogP contribution in [0.2, 0.25) is 0 Å². The van der Waals surface area contributed by atoms with Gasteiger partial charge in [-0.2, -0.15) is 0 Å². The third-order valence-corrected chi connectivity index (χ3v) is 7.54. The second-order valence-corrected chi connectivity index (χ2v) is 9.44. The van der Waals surface area contributed by atoms with Crippen LogP contribution in [0.3, 0.4) is 0 Å². The average Bonchev–Trinajstić information content (AvgIpc) is 3.25. The molecule has 0 saturated heterocycles. The Hall–Kier alpha value is -3.35. The first kappa shape index (κ1) is 21.5. The molecule has 7 nitrogen and oxygen atoms in total. The molecule has 0 heterocycles. The number of carboxylic acid groups (broad SMARTS) is 1. The predicted octanol–water partition coefficient (Wildman–Crippen LogP) is 3.67. The van der Waals surface area contributed by atoms with Crippen LogP contribution in [0, 0.1) is 11.3 Å². The van der Waals surface area contributed by atoms with Gasteiger partial charge in [-0.1, -0.05) is 55.5 Å². The summed E-state index contributed by atoms with van der Waals surface area (Å²) in [5.41, 5.74) is 3.91. The van der Waals surface area contributed by atoms with E-state index in [1.165, 1.54) is 0 Å². The number of carboxylic acids is 1. The van der Waals surface area contributed by atoms with Gasteiger partial charge < -0.3 is 20.5 Å². The summed E-state index contributed by atoms with van der Waals surface area (Å²) in [5, 5.41) is 15.0. The number of carbonyl (C=O) groups is 3. The smallest absolute Gasteiger partial charge is 0.407 e. The number of nitrogens with one attached hydrogen (secondary N) is 2. The summed E-state index contributed by atoms with van der Waals surface area (Å²) in [7, 11) is 0. The predicted molar refractivity (Wildman–Crippen MR) is 122 cm³/mol. The molecule has 2 amide bonds. The van der Waals surface area contributed by atoms with Crippen molar-refractivity contribution in [2.24, 2.45) is 11.3 Å². The van der Waals surface area contributed by atoms with Crippen molar-refractivity contribution in [2.75, 3.05) is 6.61 Å². The lowest BCUT2D eigenvalue weighted by Crippen LogP contribution is -2.49. The number of ether oxygens (including phenoxy) is 1. The fraction of sp³-hybridized carbons (Fsp3) is 0.423. The van der Waals surface area contributed by atoms with Crippen molar-refractivity contribution in [2.45, 2.75) is 50.6 Å². The van der Waals surface area contributed by atoms with Crippen LogP contribution in [-0.4, -0.2) is 41.8 Å². The number of hydrogen-bond acceptors (Lipinski definition) is 4. The largest absolute Gasteiger partial charge is 0.481 e. The van der Waals surface area contributed by atoms with Gasteiger partial charge in [0.2, 0.25) is 5.91 Å². The topological polar surface area (TPSA) is 105 Å². The second kappa shape index (κ2) is 8.21. The molecule has 4 atom stereocenters. The first-order valence-corrected chi connectivity index (χ1v) is 11.6. The third-order valence-electron chi connectivity index (χ3n) is 7.54. The van der Waals surface area contributed by atoms with Gasteiger partial charge in [0.1, 0.15) is 12.6 Å². The summed E-state index contributed by atoms with van der Waals surface area (Å²) in [4.78, 5) is 36.7. The van der Waals surface area contributed by atoms with E-state index in [-0.39, 0.29) is 30.4 Å². The maximum atomic E-state index is 12.7. The van der Waals surface area contributed by atoms with Crippen LogP contribution in [0.25, 0.3) is 11.1 Å². The summed E-state index contributed by atoms with van der Waals surface area (Å²) >= 11 is 0. The second-order valence-electron chi connectivity index (χ2n) is 9.44. The Morgan fingerprint density at radius 2 is 1.70 bits per heavy atom. The Balaban J connectivity index is 1.17. The van der Waals surface area contributed by atoms with Crippen molar-refractivity contribution in [1.29, 1.82) is 0 Å². The highest BCUT2D eigenvalue weighted by Crippen LogP contribution is 2.63. The van der Waals surface area contributed by atoms with Crippen molar-refractivity contribution >= 4 is 18.0 Å². The number of rotatable bonds is 7. The Morgan fingerprint density at radius 1 is 1.06 bits per heavy atom. The molecule has 0 radical (unpaired) electrons. The standard InChI is InChI=1S/C26H28N2O5/c1-2-22(23(29)27-16-11-15-12-26(15,13-16)24(30)31)28-25(32)33-14-21-19-9-5-3-7-17(19)18-8-4-6-10-20(18)21/h3-10,15-16,21-22H,2,11-14H2,1H3,(H,27,29)(H,28,32)(H,30,31)/t15?,16?,22-,26?/m0/s1. The minimum Gasteiger partial charge on any atom is -0.481 e. The van der Waals surface area contributed by atoms with Crippen LogP contribution < -0.4 is 10.6 Å². The summed E-state index contributed by atoms with van der Waals surface area (Å²) in [5.74, 6) is -0.962. The molecule has 172 valence electrons. The lowest BCUT2D eigenvalue weighted by atomic mass is 9.98. The molecule has 3 unspecified atom stereocenters. The number of fused-ring (bicyclic) bond motifs is 4. The zero-order chi connectivity index (χ0) is 23.2. The molecule has 2 aromatic rings. The summed E-state index contributed by atoms with van der Waals surface area (Å²) in [6.07, 6.45) is 1.62. The number of aliphatic carboxylic acids is 1. The van der Waals surface area contributed by atoms with E-state index in [4.69, 9.17) is 4.74 Å². The van der Waals surface area contributed by atoms with Gasteiger partial charge in [0.15, 0.2) is 0 Å². The van der Waals surface area contributed by atoms with E-state index in [1.807, 2.05) is 31.2 Å². The highest BCUT2D eigenvalue weighted by atomic mass is 16.5. The van der Waals surface area contributed by atoms with Crippen molar-refractivity contribution in [3.05, 3.63) is 59.7 Å². The first-order valence-electron chi connectivity index (χ1n) is 11.6. The molecule has 3 aliphatic carbocycles. The summed E-state index contributed by atoms with van der Waals surface area (Å²) in [6.45, 7) is 2.00. The molecule has 3 N–H and O–H groups in total. The van der Waals surface area contributed by atoms with Gasteiger partial charge in [-0.15, -0.1) is 0 Å². The van der Waals surface area contributed by atoms with Gasteiger partial charge in [-0.25, -0.2) is 4.79 Å². The molecule has 2 fully saturated rings. The molecule has 0 aromatic heterocycles. The number of amides is 2. The van der Waals surface area contributed by atoms with Gasteiger partial charge in [0.25, 0.3) is 0 Å². The maximum absolute atomic E-state index is 12.7. The zero-order valence-corrected chi connectivity index (χ0v) is 18.5. The van der Waals surface area contributed by atoms with Crippen LogP contribution in [0.5, 0.6) is 0 Å². The summed E-state index contributed by atoms with van der Waals surface area (Å²) < 4.78 is 5.56. The lowest BCUT2D eigenvalue weighted by Gasteiger charge is -2.22. The van der Waals surface area contributed by atoms with E-state index in [1.54, 1.807) is 0 Å². The molecule has 0 aliphatic heterocycles. The Labute approximate surface area is 192 Å². The molecule has 0 spiro atoms. The lowest BCUT2D eigenvalue weighted by molar-refractivity contribution is -0.143. The van der Waals surface area contributed by atoms with Gasteiger partial charge in [0.05, 0.1) is 5.41 Å². The number of alkyl carbamates (subject to hydrolysis) is 1. The Morgan fingerprint density at radius 3 is 2.27 bits per heavy atom. The number of carbonyl (C=O) groups excluding carboxylic acids is 2. The highest BCUT2D eigenvalue weighted by molar-refractivity contribution is 5.86. The van der Waals surface area contributed by atoms with E-state index in [9.17, 15) is 19.5 Å². The SMILES string of the molecule is CC[C@H](NC(=O)OCC1c2ccccc2-c2ccccc21)C(=O)NC1CC2CC2(C(=O)O)C1. The Kier molecular flexibility index (Phi) is 5.35. The van der Waals surface area contributed by atoms with Gasteiger partial charge in [-0.05, 0) is 53.9 Å².